The summed E-state index contributed by atoms with van der Waals surface area (Å²) in [5.41, 5.74) is -6.30. The molecule has 2 unspecified atom stereocenters. The third kappa shape index (κ3) is 11.2. The summed E-state index contributed by atoms with van der Waals surface area (Å²) in [6.07, 6.45) is -1.81. The molecule has 0 aromatic heterocycles. The van der Waals surface area contributed by atoms with Gasteiger partial charge >= 0.3 is 30.0 Å². The van der Waals surface area contributed by atoms with Gasteiger partial charge in [0.05, 0.1) is 6.61 Å². The van der Waals surface area contributed by atoms with Gasteiger partial charge in [-0.3, -0.25) is 4.79 Å². The van der Waals surface area contributed by atoms with Crippen molar-refractivity contribution >= 4 is 30.0 Å². The minimum absolute atomic E-state index is 0.0745. The lowest BCUT2D eigenvalue weighted by atomic mass is 9.74. The van der Waals surface area contributed by atoms with Crippen molar-refractivity contribution in [2.24, 2.45) is 5.92 Å². The highest BCUT2D eigenvalue weighted by Gasteiger charge is 2.86. The number of carboxylic acids is 3. The van der Waals surface area contributed by atoms with Gasteiger partial charge in [0.2, 0.25) is 17.5 Å². The molecule has 2 saturated heterocycles. The van der Waals surface area contributed by atoms with E-state index in [9.17, 15) is 49.5 Å². The molecule has 324 valence electrons. The van der Waals surface area contributed by atoms with Gasteiger partial charge in [0.1, 0.15) is 18.0 Å². The highest BCUT2D eigenvalue weighted by Crippen LogP contribution is 2.56. The molecular formula is C43H57NO15. The number of rotatable bonds is 25. The molecule has 2 heterocycles. The van der Waals surface area contributed by atoms with Gasteiger partial charge in [0, 0.05) is 25.8 Å². The third-order valence-electron chi connectivity index (χ3n) is 10.8. The number of nitrogens with one attached hydrogen (secondary N) is 1. The first-order valence-corrected chi connectivity index (χ1v) is 20.1. The van der Waals surface area contributed by atoms with Crippen LogP contribution >= 0.6 is 0 Å². The summed E-state index contributed by atoms with van der Waals surface area (Å²) in [6.45, 7) is 7.79. The van der Waals surface area contributed by atoms with E-state index in [-0.39, 0.29) is 24.5 Å². The molecule has 6 N–H and O–H groups in total. The van der Waals surface area contributed by atoms with Gasteiger partial charge in [-0.15, -0.1) is 0 Å². The Morgan fingerprint density at radius 2 is 1.42 bits per heavy atom. The normalized spacial score (nSPS) is 25.6. The second-order valence-corrected chi connectivity index (χ2v) is 15.3. The van der Waals surface area contributed by atoms with Gasteiger partial charge in [-0.05, 0) is 49.0 Å². The van der Waals surface area contributed by atoms with Crippen molar-refractivity contribution < 1.29 is 73.2 Å². The number of carbonyl (C=O) groups excluding carboxylic acids is 2. The smallest absolute Gasteiger partial charge is 0.407 e. The number of fused-ring (bicyclic) bond motifs is 2. The van der Waals surface area contributed by atoms with Crippen LogP contribution in [0.2, 0.25) is 0 Å². The van der Waals surface area contributed by atoms with Gasteiger partial charge in [-0.1, -0.05) is 107 Å². The topological polar surface area (TPSA) is 245 Å². The molecule has 59 heavy (non-hydrogen) atoms. The maximum absolute atomic E-state index is 13.1. The quantitative estimate of drug-likeness (QED) is 0.0437. The maximum atomic E-state index is 13.1. The second-order valence-electron chi connectivity index (χ2n) is 15.3. The minimum Gasteiger partial charge on any atom is -0.494 e. The van der Waals surface area contributed by atoms with Gasteiger partial charge in [-0.2, -0.15) is 0 Å². The molecular weight excluding hydrogens is 770 g/mol. The molecule has 0 aliphatic carbocycles. The Labute approximate surface area is 343 Å². The summed E-state index contributed by atoms with van der Waals surface area (Å²) < 4.78 is 27.9. The van der Waals surface area contributed by atoms with E-state index in [2.05, 4.69) is 11.9 Å². The molecule has 16 heteroatoms. The zero-order chi connectivity index (χ0) is 43.2. The summed E-state index contributed by atoms with van der Waals surface area (Å²) in [7, 11) is 0. The Balaban J connectivity index is 1.36. The van der Waals surface area contributed by atoms with Gasteiger partial charge in [0.15, 0.2) is 6.10 Å². The van der Waals surface area contributed by atoms with E-state index in [1.807, 2.05) is 60.7 Å². The van der Waals surface area contributed by atoms with Crippen molar-refractivity contribution in [1.29, 1.82) is 0 Å². The molecule has 0 radical (unpaired) electrons. The molecule has 4 rings (SSSR count). The van der Waals surface area contributed by atoms with Gasteiger partial charge < -0.3 is 54.5 Å². The van der Waals surface area contributed by atoms with E-state index in [0.29, 0.717) is 19.4 Å². The van der Waals surface area contributed by atoms with E-state index in [0.717, 1.165) is 62.7 Å². The first-order valence-electron chi connectivity index (χ1n) is 20.1. The Bertz CT molecular complexity index is 1740. The predicted molar refractivity (Wildman–Crippen MR) is 210 cm³/mol. The SMILES string of the molecule is C=C(CC[C@@]12O[C@H](C(=O)O)[C@@](O)(C(=O)O)[C@@](C(=O)O)(O1)[C@H](OC(=O)NCCCCCCCCCCCOc1ccccc1)[C@H]2O)C(OC(C)=O)C(C)Cc1ccccc1. The summed E-state index contributed by atoms with van der Waals surface area (Å²) in [5, 5.41) is 56.4. The number of aliphatic hydroxyl groups is 2. The van der Waals surface area contributed by atoms with E-state index >= 15 is 0 Å². The van der Waals surface area contributed by atoms with Crippen LogP contribution in [0.15, 0.2) is 72.8 Å². The highest BCUT2D eigenvalue weighted by atomic mass is 16.8. The number of alkyl carbamates (subject to hydrolysis) is 1. The number of unbranched alkanes of at least 4 members (excludes halogenated alkanes) is 8. The monoisotopic (exact) mass is 827 g/mol. The number of hydrogen-bond donors (Lipinski definition) is 6. The molecule has 2 aliphatic rings. The van der Waals surface area contributed by atoms with Crippen molar-refractivity contribution in [2.45, 2.75) is 132 Å². The number of amides is 1. The Morgan fingerprint density at radius 1 is 0.847 bits per heavy atom. The lowest BCUT2D eigenvalue weighted by molar-refractivity contribution is -0.373. The predicted octanol–water partition coefficient (Wildman–Crippen LogP) is 5.03. The molecule has 2 aromatic rings. The number of hydrogen-bond acceptors (Lipinski definition) is 12. The average Bonchev–Trinajstić information content (AvgIpc) is 3.41. The maximum Gasteiger partial charge on any atom is 0.407 e. The van der Waals surface area contributed by atoms with Crippen LogP contribution in [0, 0.1) is 5.92 Å². The van der Waals surface area contributed by atoms with Crippen LogP contribution in [0.4, 0.5) is 4.79 Å². The molecule has 16 nitrogen and oxygen atoms in total. The Kier molecular flexibility index (Phi) is 16.8. The lowest BCUT2D eigenvalue weighted by Crippen LogP contribution is -2.78. The fraction of sp³-hybridized carbons (Fsp3) is 0.558. The molecule has 0 spiro atoms. The number of carboxylic acid groups (broad SMARTS) is 3. The number of aliphatic carboxylic acids is 3. The molecule has 2 bridgehead atoms. The molecule has 2 aliphatic heterocycles. The molecule has 1 amide bonds. The van der Waals surface area contributed by atoms with Crippen LogP contribution in [-0.2, 0) is 44.5 Å². The number of esters is 1. The zero-order valence-electron chi connectivity index (χ0n) is 33.6. The average molecular weight is 828 g/mol. The fourth-order valence-electron chi connectivity index (χ4n) is 7.81. The van der Waals surface area contributed by atoms with Crippen LogP contribution in [0.5, 0.6) is 5.75 Å². The first kappa shape index (κ1) is 46.7. The number of aliphatic hydroxyl groups excluding tert-OH is 1. The summed E-state index contributed by atoms with van der Waals surface area (Å²) >= 11 is 0. The van der Waals surface area contributed by atoms with Crippen molar-refractivity contribution in [1.82, 2.24) is 5.32 Å². The van der Waals surface area contributed by atoms with Gasteiger partial charge in [-0.25, -0.2) is 19.2 Å². The van der Waals surface area contributed by atoms with E-state index in [1.54, 1.807) is 6.92 Å². The second kappa shape index (κ2) is 21.3. The summed E-state index contributed by atoms with van der Waals surface area (Å²) in [4.78, 5) is 63.4. The molecule has 0 saturated carbocycles. The Hall–Kier alpha value is -5.03. The van der Waals surface area contributed by atoms with Gasteiger partial charge in [0.25, 0.3) is 5.60 Å². The van der Waals surface area contributed by atoms with Crippen molar-refractivity contribution in [2.75, 3.05) is 13.2 Å². The van der Waals surface area contributed by atoms with E-state index < -0.39 is 77.8 Å². The number of ether oxygens (including phenoxy) is 5. The van der Waals surface area contributed by atoms with Crippen molar-refractivity contribution in [3.05, 3.63) is 78.4 Å². The van der Waals surface area contributed by atoms with Crippen LogP contribution in [0.25, 0.3) is 0 Å². The first-order chi connectivity index (χ1) is 28.1. The third-order valence-corrected chi connectivity index (χ3v) is 10.8. The number of benzene rings is 2. The standard InChI is InChI=1S/C43H57NO15/c1-28(33(56-30(3)45)29(2)27-31-19-13-11-14-20-31)23-24-41-34(46)35(43(59-41,39(51)52)42(54,38(49)50)36(58-41)37(47)48)57-40(53)44-25-17-9-7-5-4-6-8-10-18-26-55-32-21-15-12-16-22-32/h11-16,19-22,29,33-36,46,54H,1,4-10,17-18,23-27H2,2-3H3,(H,44,53)(H,47,48)(H,49,50)(H,51,52)/t29?,33?,34-,35-,36-,41-,42-,43-/m1/s1. The highest BCUT2D eigenvalue weighted by molar-refractivity contribution is 5.98. The lowest BCUT2D eigenvalue weighted by Gasteiger charge is -2.48. The zero-order valence-corrected chi connectivity index (χ0v) is 33.6. The van der Waals surface area contributed by atoms with Crippen LogP contribution in [0.3, 0.4) is 0 Å². The van der Waals surface area contributed by atoms with Crippen molar-refractivity contribution in [3.8, 4) is 5.75 Å². The summed E-state index contributed by atoms with van der Waals surface area (Å²) in [5.74, 6) is -9.48. The van der Waals surface area contributed by atoms with Crippen LogP contribution in [-0.4, -0.2) is 110 Å². The molecule has 8 atom stereocenters. The number of carbonyl (C=O) groups is 5. The molecule has 2 aromatic carbocycles. The Morgan fingerprint density at radius 3 is 1.98 bits per heavy atom. The van der Waals surface area contributed by atoms with Crippen LogP contribution in [0.1, 0.15) is 90.0 Å². The van der Waals surface area contributed by atoms with E-state index in [1.165, 1.54) is 6.92 Å². The van der Waals surface area contributed by atoms with E-state index in [4.69, 9.17) is 23.7 Å². The molecule has 2 fully saturated rings. The van der Waals surface area contributed by atoms with Crippen molar-refractivity contribution in [3.63, 3.8) is 0 Å². The number of para-hydroxylation sites is 1. The minimum atomic E-state index is -3.91. The largest absolute Gasteiger partial charge is 0.494 e. The van der Waals surface area contributed by atoms with Crippen LogP contribution < -0.4 is 10.1 Å². The summed E-state index contributed by atoms with van der Waals surface area (Å²) in [6, 6.07) is 19.0. The fourth-order valence-corrected chi connectivity index (χ4v) is 7.81.